The van der Waals surface area contributed by atoms with E-state index in [-0.39, 0.29) is 0 Å². The Bertz CT molecular complexity index is 804. The van der Waals surface area contributed by atoms with Gasteiger partial charge in [-0.05, 0) is 35.4 Å². The molecule has 0 bridgehead atoms. The number of nitrogens with one attached hydrogen (secondary N) is 1. The van der Waals surface area contributed by atoms with Gasteiger partial charge in [-0.1, -0.05) is 24.3 Å². The molecule has 1 aliphatic rings. The van der Waals surface area contributed by atoms with Crippen molar-refractivity contribution >= 4 is 6.09 Å². The minimum atomic E-state index is -0.962. The molecule has 27 heavy (non-hydrogen) atoms. The third kappa shape index (κ3) is 4.99. The number of hydrogen-bond donors (Lipinski definition) is 2. The summed E-state index contributed by atoms with van der Waals surface area (Å²) in [4.78, 5) is 11.0. The number of likely N-dealkylation sites (tertiary alicyclic amines) is 1. The van der Waals surface area contributed by atoms with Gasteiger partial charge in [0.05, 0.1) is 18.2 Å². The van der Waals surface area contributed by atoms with E-state index in [4.69, 9.17) is 15.1 Å². The number of ether oxygens (including phenoxy) is 1. The maximum atomic E-state index is 11.0. The van der Waals surface area contributed by atoms with E-state index in [9.17, 15) is 4.79 Å². The zero-order valence-corrected chi connectivity index (χ0v) is 15.2. The van der Waals surface area contributed by atoms with Crippen LogP contribution in [0.2, 0.25) is 0 Å². The predicted molar refractivity (Wildman–Crippen MR) is 102 cm³/mol. The van der Waals surface area contributed by atoms with Gasteiger partial charge in [0, 0.05) is 19.3 Å². The van der Waals surface area contributed by atoms with Crippen LogP contribution >= 0.6 is 0 Å². The van der Waals surface area contributed by atoms with Crippen LogP contribution in [0.15, 0.2) is 48.5 Å². The van der Waals surface area contributed by atoms with E-state index in [0.29, 0.717) is 16.8 Å². The first-order valence-corrected chi connectivity index (χ1v) is 9.21. The van der Waals surface area contributed by atoms with Crippen molar-refractivity contribution in [3.05, 3.63) is 54.1 Å². The van der Waals surface area contributed by atoms with Crippen molar-refractivity contribution in [1.82, 2.24) is 5.43 Å². The van der Waals surface area contributed by atoms with Gasteiger partial charge in [-0.2, -0.15) is 10.7 Å². The fraction of sp³-hybridized carbons (Fsp3) is 0.333. The predicted octanol–water partition coefficient (Wildman–Crippen LogP) is 3.79. The Morgan fingerprint density at radius 3 is 2.22 bits per heavy atom. The topological polar surface area (TPSA) is 82.3 Å². The molecule has 1 saturated heterocycles. The lowest BCUT2D eigenvalue weighted by Crippen LogP contribution is -2.58. The Kier molecular flexibility index (Phi) is 5.94. The quantitative estimate of drug-likeness (QED) is 0.577. The molecule has 1 aliphatic heterocycles. The molecule has 1 fully saturated rings. The molecule has 1 amide bonds. The molecule has 0 atom stereocenters. The van der Waals surface area contributed by atoms with Crippen LogP contribution in [0.1, 0.15) is 24.8 Å². The Labute approximate surface area is 159 Å². The van der Waals surface area contributed by atoms with Gasteiger partial charge in [-0.3, -0.25) is 0 Å². The van der Waals surface area contributed by atoms with Gasteiger partial charge < -0.3 is 9.84 Å². The number of rotatable bonds is 7. The van der Waals surface area contributed by atoms with E-state index < -0.39 is 6.09 Å². The molecule has 2 aromatic carbocycles. The number of carbonyl (C=O) groups is 1. The molecule has 0 spiro atoms. The van der Waals surface area contributed by atoms with Gasteiger partial charge in [0.15, 0.2) is 0 Å². The summed E-state index contributed by atoms with van der Waals surface area (Å²) in [6.07, 6.45) is 1.93. The molecule has 0 aromatic heterocycles. The van der Waals surface area contributed by atoms with Crippen molar-refractivity contribution in [3.8, 4) is 22.9 Å². The van der Waals surface area contributed by atoms with Crippen LogP contribution in [0.3, 0.4) is 0 Å². The third-order valence-electron chi connectivity index (χ3n) is 4.96. The zero-order chi connectivity index (χ0) is 19.1. The minimum Gasteiger partial charge on any atom is -0.493 e. The molecule has 0 aliphatic carbocycles. The number of quaternary nitrogens is 1. The number of nitriles is 1. The van der Waals surface area contributed by atoms with Gasteiger partial charge >= 0.3 is 6.09 Å². The van der Waals surface area contributed by atoms with Gasteiger partial charge in [-0.15, -0.1) is 0 Å². The summed E-state index contributed by atoms with van der Waals surface area (Å²) in [6, 6.07) is 17.5. The van der Waals surface area contributed by atoms with E-state index in [2.05, 4.69) is 11.5 Å². The van der Waals surface area contributed by atoms with Gasteiger partial charge in [0.1, 0.15) is 25.4 Å². The van der Waals surface area contributed by atoms with E-state index >= 15 is 0 Å². The first-order chi connectivity index (χ1) is 13.1. The molecule has 0 saturated carbocycles. The lowest BCUT2D eigenvalue weighted by Gasteiger charge is -2.31. The van der Waals surface area contributed by atoms with Crippen LogP contribution in [0.4, 0.5) is 4.79 Å². The van der Waals surface area contributed by atoms with E-state index in [1.165, 1.54) is 0 Å². The largest absolute Gasteiger partial charge is 0.493 e. The summed E-state index contributed by atoms with van der Waals surface area (Å²) < 4.78 is 6.26. The van der Waals surface area contributed by atoms with Crippen LogP contribution in [0, 0.1) is 11.3 Å². The van der Waals surface area contributed by atoms with Crippen LogP contribution in [0.25, 0.3) is 11.1 Å². The maximum Gasteiger partial charge on any atom is 0.449 e. The summed E-state index contributed by atoms with van der Waals surface area (Å²) >= 11 is 0. The Hall–Kier alpha value is -3.04. The first-order valence-electron chi connectivity index (χ1n) is 9.21. The summed E-state index contributed by atoms with van der Waals surface area (Å²) in [5.74, 6) is 0.798. The van der Waals surface area contributed by atoms with Crippen molar-refractivity contribution in [2.24, 2.45) is 0 Å². The highest BCUT2D eigenvalue weighted by molar-refractivity contribution is 5.65. The minimum absolute atomic E-state index is 0.441. The number of carboxylic acid groups (broad SMARTS) is 1. The normalized spacial score (nSPS) is 15.1. The van der Waals surface area contributed by atoms with Gasteiger partial charge in [-0.25, -0.2) is 9.39 Å². The lowest BCUT2D eigenvalue weighted by atomic mass is 10.0. The molecular formula is C21H24N3O3+. The van der Waals surface area contributed by atoms with Crippen LogP contribution in [-0.2, 0) is 0 Å². The fourth-order valence-electron chi connectivity index (χ4n) is 3.57. The molecule has 3 rings (SSSR count). The first kappa shape index (κ1) is 18.7. The number of nitrogens with zero attached hydrogens (tertiary/aromatic N) is 2. The lowest BCUT2D eigenvalue weighted by molar-refractivity contribution is -0.951. The Balaban J connectivity index is 1.50. The second-order valence-electron chi connectivity index (χ2n) is 6.86. The maximum absolute atomic E-state index is 11.0. The van der Waals surface area contributed by atoms with E-state index in [1.54, 1.807) is 0 Å². The van der Waals surface area contributed by atoms with Crippen LogP contribution < -0.4 is 10.2 Å². The summed E-state index contributed by atoms with van der Waals surface area (Å²) in [7, 11) is 0. The van der Waals surface area contributed by atoms with Crippen molar-refractivity contribution in [2.75, 3.05) is 26.2 Å². The Morgan fingerprint density at radius 2 is 1.67 bits per heavy atom. The number of amides is 1. The highest BCUT2D eigenvalue weighted by Gasteiger charge is 2.33. The highest BCUT2D eigenvalue weighted by Crippen LogP contribution is 2.23. The molecule has 2 aromatic rings. The SMILES string of the molecule is N#Cc1ccc(-c2ccc(OCCC[N+]3(NC(=O)O)CCCC3)cc2)cc1. The average Bonchev–Trinajstić information content (AvgIpc) is 3.14. The van der Waals surface area contributed by atoms with Crippen LogP contribution in [-0.4, -0.2) is 42.0 Å². The molecule has 140 valence electrons. The second-order valence-corrected chi connectivity index (χ2v) is 6.86. The average molecular weight is 366 g/mol. The smallest absolute Gasteiger partial charge is 0.449 e. The van der Waals surface area contributed by atoms with Crippen LogP contribution in [0.5, 0.6) is 5.75 Å². The monoisotopic (exact) mass is 366 g/mol. The fourth-order valence-corrected chi connectivity index (χ4v) is 3.57. The number of benzene rings is 2. The van der Waals surface area contributed by atoms with Crippen molar-refractivity contribution in [2.45, 2.75) is 19.3 Å². The molecule has 2 N–H and O–H groups in total. The standard InChI is InChI=1S/C21H23N3O3/c22-16-17-4-6-18(7-5-17)19-8-10-20(11-9-19)27-15-3-14-24(23-21(25)26)12-1-2-13-24/h4-11,23H,1-3,12-15H2/p+1. The summed E-state index contributed by atoms with van der Waals surface area (Å²) in [5, 5.41) is 17.9. The van der Waals surface area contributed by atoms with E-state index in [1.807, 2.05) is 48.5 Å². The second kappa shape index (κ2) is 8.56. The molecule has 1 heterocycles. The van der Waals surface area contributed by atoms with Crippen molar-refractivity contribution in [3.63, 3.8) is 0 Å². The van der Waals surface area contributed by atoms with Gasteiger partial charge in [0.25, 0.3) is 0 Å². The Morgan fingerprint density at radius 1 is 1.07 bits per heavy atom. The van der Waals surface area contributed by atoms with E-state index in [0.717, 1.165) is 55.8 Å². The molecular weight excluding hydrogens is 342 g/mol. The number of hydrogen-bond acceptors (Lipinski definition) is 3. The molecule has 0 unspecified atom stereocenters. The molecule has 6 heteroatoms. The van der Waals surface area contributed by atoms with Crippen molar-refractivity contribution in [1.29, 1.82) is 5.26 Å². The third-order valence-corrected chi connectivity index (χ3v) is 4.96. The summed E-state index contributed by atoms with van der Waals surface area (Å²) in [6.45, 7) is 3.00. The molecule has 6 nitrogen and oxygen atoms in total. The van der Waals surface area contributed by atoms with Gasteiger partial charge in [0.2, 0.25) is 0 Å². The zero-order valence-electron chi connectivity index (χ0n) is 15.2. The van der Waals surface area contributed by atoms with Crippen molar-refractivity contribution < 1.29 is 19.2 Å². The summed E-state index contributed by atoms with van der Waals surface area (Å²) in [5.41, 5.74) is 5.44. The molecule has 0 radical (unpaired) electrons. The highest BCUT2D eigenvalue weighted by atomic mass is 16.5.